The van der Waals surface area contributed by atoms with E-state index in [-0.39, 0.29) is 5.91 Å². The van der Waals surface area contributed by atoms with Crippen molar-refractivity contribution in [3.05, 3.63) is 59.7 Å². The van der Waals surface area contributed by atoms with Gasteiger partial charge in [-0.05, 0) is 25.1 Å². The molecule has 2 N–H and O–H groups in total. The molecule has 0 spiro atoms. The van der Waals surface area contributed by atoms with Gasteiger partial charge in [0.15, 0.2) is 5.13 Å². The molecule has 3 aromatic rings. The molecule has 3 rings (SSSR count). The van der Waals surface area contributed by atoms with E-state index in [2.05, 4.69) is 20.8 Å². The number of hydrazone groups is 1. The van der Waals surface area contributed by atoms with Gasteiger partial charge in [-0.2, -0.15) is 5.10 Å². The summed E-state index contributed by atoms with van der Waals surface area (Å²) in [4.78, 5) is 28.4. The SMILES string of the molecule is COC(=O)c1ccccc1/C=N\NC(=O)[C@H](C)Nc1nc2ccccc2s1. The Balaban J connectivity index is 1.62. The largest absolute Gasteiger partial charge is 0.465 e. The summed E-state index contributed by atoms with van der Waals surface area (Å²) < 4.78 is 5.78. The Morgan fingerprint density at radius 2 is 1.93 bits per heavy atom. The number of rotatable bonds is 6. The number of aromatic nitrogens is 1. The van der Waals surface area contributed by atoms with Crippen molar-refractivity contribution in [1.29, 1.82) is 0 Å². The van der Waals surface area contributed by atoms with Gasteiger partial charge in [-0.25, -0.2) is 15.2 Å². The van der Waals surface area contributed by atoms with E-state index in [1.54, 1.807) is 31.2 Å². The maximum absolute atomic E-state index is 12.2. The second kappa shape index (κ2) is 8.41. The first-order valence-corrected chi connectivity index (χ1v) is 9.02. The van der Waals surface area contributed by atoms with Gasteiger partial charge in [0.05, 0.1) is 29.1 Å². The quantitative estimate of drug-likeness (QED) is 0.388. The second-order valence-electron chi connectivity index (χ2n) is 5.67. The molecule has 1 heterocycles. The van der Waals surface area contributed by atoms with Crippen LogP contribution in [0.2, 0.25) is 0 Å². The summed E-state index contributed by atoms with van der Waals surface area (Å²) in [6, 6.07) is 14.1. The minimum atomic E-state index is -0.529. The highest BCUT2D eigenvalue weighted by atomic mass is 32.1. The maximum atomic E-state index is 12.2. The molecule has 1 aromatic heterocycles. The minimum Gasteiger partial charge on any atom is -0.465 e. The van der Waals surface area contributed by atoms with Gasteiger partial charge in [0.2, 0.25) is 0 Å². The molecule has 27 heavy (non-hydrogen) atoms. The lowest BCUT2D eigenvalue weighted by Gasteiger charge is -2.10. The normalized spacial score (nSPS) is 12.1. The fraction of sp³-hybridized carbons (Fsp3) is 0.158. The Morgan fingerprint density at radius 1 is 1.19 bits per heavy atom. The van der Waals surface area contributed by atoms with Crippen molar-refractivity contribution in [3.8, 4) is 0 Å². The van der Waals surface area contributed by atoms with Crippen LogP contribution in [0.25, 0.3) is 10.2 Å². The van der Waals surface area contributed by atoms with Gasteiger partial charge >= 0.3 is 5.97 Å². The Kier molecular flexibility index (Phi) is 5.77. The molecule has 0 saturated heterocycles. The number of nitrogens with one attached hydrogen (secondary N) is 2. The lowest BCUT2D eigenvalue weighted by Crippen LogP contribution is -2.34. The second-order valence-corrected chi connectivity index (χ2v) is 6.70. The summed E-state index contributed by atoms with van der Waals surface area (Å²) in [6.45, 7) is 1.72. The molecule has 0 fully saturated rings. The Hall–Kier alpha value is -3.26. The molecule has 0 aliphatic rings. The Morgan fingerprint density at radius 3 is 2.70 bits per heavy atom. The number of esters is 1. The van der Waals surface area contributed by atoms with Crippen molar-refractivity contribution in [1.82, 2.24) is 10.4 Å². The zero-order valence-electron chi connectivity index (χ0n) is 14.8. The number of nitrogens with zero attached hydrogens (tertiary/aromatic N) is 2. The van der Waals surface area contributed by atoms with Gasteiger partial charge < -0.3 is 10.1 Å². The molecule has 1 amide bonds. The van der Waals surface area contributed by atoms with E-state index < -0.39 is 12.0 Å². The predicted octanol–water partition coefficient (Wildman–Crippen LogP) is 3.03. The smallest absolute Gasteiger partial charge is 0.338 e. The number of anilines is 1. The van der Waals surface area contributed by atoms with Gasteiger partial charge in [0.1, 0.15) is 6.04 Å². The first-order valence-electron chi connectivity index (χ1n) is 8.21. The molecule has 1 atom stereocenters. The van der Waals surface area contributed by atoms with Crippen LogP contribution in [0.3, 0.4) is 0 Å². The van der Waals surface area contributed by atoms with Crippen LogP contribution < -0.4 is 10.7 Å². The summed E-state index contributed by atoms with van der Waals surface area (Å²) in [5.74, 6) is -0.782. The highest BCUT2D eigenvalue weighted by molar-refractivity contribution is 7.22. The summed E-state index contributed by atoms with van der Waals surface area (Å²) >= 11 is 1.48. The molecular weight excluding hydrogens is 364 g/mol. The number of hydrogen-bond donors (Lipinski definition) is 2. The van der Waals surface area contributed by atoms with Gasteiger partial charge in [-0.1, -0.05) is 41.7 Å². The van der Waals surface area contributed by atoms with Crippen molar-refractivity contribution in [3.63, 3.8) is 0 Å². The van der Waals surface area contributed by atoms with Crippen LogP contribution in [0.1, 0.15) is 22.8 Å². The monoisotopic (exact) mass is 382 g/mol. The predicted molar refractivity (Wildman–Crippen MR) is 106 cm³/mol. The topological polar surface area (TPSA) is 92.7 Å². The Bertz CT molecular complexity index is 966. The number of benzene rings is 2. The first-order chi connectivity index (χ1) is 13.1. The van der Waals surface area contributed by atoms with Crippen molar-refractivity contribution in [2.45, 2.75) is 13.0 Å². The van der Waals surface area contributed by atoms with Gasteiger partial charge in [-0.15, -0.1) is 0 Å². The number of carbonyl (C=O) groups excluding carboxylic acids is 2. The van der Waals surface area contributed by atoms with E-state index in [1.807, 2.05) is 24.3 Å². The molecule has 0 unspecified atom stereocenters. The van der Waals surface area contributed by atoms with E-state index >= 15 is 0 Å². The van der Waals surface area contributed by atoms with Crippen molar-refractivity contribution in [2.75, 3.05) is 12.4 Å². The number of thiazole rings is 1. The van der Waals surface area contributed by atoms with Crippen LogP contribution in [0, 0.1) is 0 Å². The molecule has 8 heteroatoms. The van der Waals surface area contributed by atoms with Gasteiger partial charge in [-0.3, -0.25) is 4.79 Å². The third-order valence-electron chi connectivity index (χ3n) is 3.77. The molecule has 0 aliphatic heterocycles. The summed E-state index contributed by atoms with van der Waals surface area (Å²) in [5.41, 5.74) is 4.27. The summed E-state index contributed by atoms with van der Waals surface area (Å²) in [5, 5.41) is 7.67. The fourth-order valence-corrected chi connectivity index (χ4v) is 3.31. The fourth-order valence-electron chi connectivity index (χ4n) is 2.35. The maximum Gasteiger partial charge on any atom is 0.338 e. The van der Waals surface area contributed by atoms with Gasteiger partial charge in [0.25, 0.3) is 5.91 Å². The highest BCUT2D eigenvalue weighted by Crippen LogP contribution is 2.25. The van der Waals surface area contributed by atoms with Crippen LogP contribution in [0.4, 0.5) is 5.13 Å². The highest BCUT2D eigenvalue weighted by Gasteiger charge is 2.14. The number of fused-ring (bicyclic) bond motifs is 1. The summed E-state index contributed by atoms with van der Waals surface area (Å²) in [6.07, 6.45) is 1.41. The Labute approximate surface area is 160 Å². The molecule has 7 nitrogen and oxygen atoms in total. The van der Waals surface area contributed by atoms with Crippen LogP contribution in [0.5, 0.6) is 0 Å². The molecule has 0 aliphatic carbocycles. The van der Waals surface area contributed by atoms with E-state index in [0.717, 1.165) is 10.2 Å². The van der Waals surface area contributed by atoms with E-state index in [1.165, 1.54) is 24.7 Å². The minimum absolute atomic E-state index is 0.318. The molecule has 0 radical (unpaired) electrons. The van der Waals surface area contributed by atoms with E-state index in [0.29, 0.717) is 16.3 Å². The third-order valence-corrected chi connectivity index (χ3v) is 4.74. The number of methoxy groups -OCH3 is 1. The van der Waals surface area contributed by atoms with Crippen LogP contribution in [0.15, 0.2) is 53.6 Å². The van der Waals surface area contributed by atoms with Crippen LogP contribution in [-0.4, -0.2) is 36.2 Å². The van der Waals surface area contributed by atoms with Crippen molar-refractivity contribution >= 4 is 44.8 Å². The molecular formula is C19H18N4O3S. The van der Waals surface area contributed by atoms with E-state index in [4.69, 9.17) is 4.74 Å². The van der Waals surface area contributed by atoms with Crippen molar-refractivity contribution < 1.29 is 14.3 Å². The number of carbonyl (C=O) groups is 2. The molecule has 0 bridgehead atoms. The van der Waals surface area contributed by atoms with Crippen LogP contribution in [-0.2, 0) is 9.53 Å². The van der Waals surface area contributed by atoms with Crippen LogP contribution >= 0.6 is 11.3 Å². The molecule has 0 saturated carbocycles. The average Bonchev–Trinajstić information content (AvgIpc) is 3.09. The molecule has 138 valence electrons. The number of para-hydroxylation sites is 1. The van der Waals surface area contributed by atoms with Crippen molar-refractivity contribution in [2.24, 2.45) is 5.10 Å². The number of hydrogen-bond acceptors (Lipinski definition) is 7. The van der Waals surface area contributed by atoms with E-state index in [9.17, 15) is 9.59 Å². The lowest BCUT2D eigenvalue weighted by atomic mass is 10.1. The first kappa shape index (κ1) is 18.5. The molecule has 2 aromatic carbocycles. The summed E-state index contributed by atoms with van der Waals surface area (Å²) in [7, 11) is 1.31. The lowest BCUT2D eigenvalue weighted by molar-refractivity contribution is -0.121. The standard InChI is InChI=1S/C19H18N4O3S/c1-12(21-19-22-15-9-5-6-10-16(15)27-19)17(24)23-20-11-13-7-3-4-8-14(13)18(25)26-2/h3-12H,1-2H3,(H,21,22)(H,23,24)/b20-11-/t12-/m0/s1. The van der Waals surface area contributed by atoms with Gasteiger partial charge in [0, 0.05) is 5.56 Å². The zero-order valence-corrected chi connectivity index (χ0v) is 15.6. The third kappa shape index (κ3) is 4.48. The number of ether oxygens (including phenoxy) is 1. The average molecular weight is 382 g/mol. The zero-order chi connectivity index (χ0) is 19.2. The number of amides is 1.